The zero-order valence-electron chi connectivity index (χ0n) is 6.02. The van der Waals surface area contributed by atoms with E-state index in [0.29, 0.717) is 0 Å². The van der Waals surface area contributed by atoms with E-state index in [0.717, 1.165) is 25.7 Å². The van der Waals surface area contributed by atoms with Crippen LogP contribution in [0.4, 0.5) is 4.79 Å². The fraction of sp³-hybridized carbons (Fsp3) is 0.857. The monoisotopic (exact) mass is 162 g/mol. The first-order valence-electron chi connectivity index (χ1n) is 3.57. The molecule has 1 rings (SSSR count). The van der Waals surface area contributed by atoms with Gasteiger partial charge < -0.3 is 4.74 Å². The maximum atomic E-state index is 10.3. The van der Waals surface area contributed by atoms with Gasteiger partial charge in [0.25, 0.3) is 0 Å². The molecule has 0 amide bonds. The molecule has 1 aliphatic rings. The second-order valence-corrected chi connectivity index (χ2v) is 3.08. The summed E-state index contributed by atoms with van der Waals surface area (Å²) in [5.41, 5.74) is -0.820. The second kappa shape index (κ2) is 2.79. The maximum Gasteiger partial charge on any atom is 0.404 e. The lowest BCUT2D eigenvalue weighted by Crippen LogP contribution is -2.14. The Hall–Kier alpha value is -0.240. The molecule has 1 aliphatic carbocycles. The Kier molecular flexibility index (Phi) is 2.19. The molecule has 0 heterocycles. The molecule has 10 heavy (non-hydrogen) atoms. The van der Waals surface area contributed by atoms with Crippen LogP contribution in [-0.2, 0) is 4.74 Å². The highest BCUT2D eigenvalue weighted by Crippen LogP contribution is 2.43. The molecule has 1 fully saturated rings. The highest BCUT2D eigenvalue weighted by molar-refractivity contribution is 6.61. The Morgan fingerprint density at radius 3 is 2.60 bits per heavy atom. The first-order chi connectivity index (χ1) is 4.68. The zero-order valence-corrected chi connectivity index (χ0v) is 6.78. The van der Waals surface area contributed by atoms with Crippen molar-refractivity contribution in [2.45, 2.75) is 38.2 Å². The van der Waals surface area contributed by atoms with Crippen molar-refractivity contribution in [2.75, 3.05) is 0 Å². The molecule has 0 aliphatic heterocycles. The number of rotatable bonds is 3. The molecule has 0 aromatic carbocycles. The Morgan fingerprint density at radius 1 is 1.70 bits per heavy atom. The van der Waals surface area contributed by atoms with Gasteiger partial charge in [-0.2, -0.15) is 0 Å². The Labute approximate surface area is 65.5 Å². The van der Waals surface area contributed by atoms with E-state index in [4.69, 9.17) is 16.3 Å². The van der Waals surface area contributed by atoms with Crippen LogP contribution in [0.5, 0.6) is 0 Å². The largest absolute Gasteiger partial charge is 0.447 e. The molecule has 0 saturated heterocycles. The van der Waals surface area contributed by atoms with Gasteiger partial charge in [0, 0.05) is 11.6 Å². The minimum absolute atomic E-state index is 0.159. The normalized spacial score (nSPS) is 20.2. The minimum atomic E-state index is -0.661. The van der Waals surface area contributed by atoms with Gasteiger partial charge in [-0.1, -0.05) is 13.3 Å². The number of halogens is 1. The molecule has 0 spiro atoms. The van der Waals surface area contributed by atoms with Crippen LogP contribution in [0.25, 0.3) is 0 Å². The molecule has 2 nitrogen and oxygen atoms in total. The second-order valence-electron chi connectivity index (χ2n) is 2.77. The summed E-state index contributed by atoms with van der Waals surface area (Å²) in [6.07, 6.45) is 3.97. The van der Waals surface area contributed by atoms with Gasteiger partial charge in [0.2, 0.25) is 0 Å². The van der Waals surface area contributed by atoms with Gasteiger partial charge in [0.15, 0.2) is 0 Å². The van der Waals surface area contributed by atoms with E-state index in [1.54, 1.807) is 0 Å². The van der Waals surface area contributed by atoms with E-state index in [1.807, 2.05) is 0 Å². The van der Waals surface area contributed by atoms with E-state index in [2.05, 4.69) is 6.92 Å². The molecule has 0 atom stereocenters. The molecule has 0 aromatic heterocycles. The lowest BCUT2D eigenvalue weighted by atomic mass is 10.2. The van der Waals surface area contributed by atoms with Gasteiger partial charge in [-0.05, 0) is 19.3 Å². The molecule has 0 unspecified atom stereocenters. The molecule has 0 N–H and O–H groups in total. The maximum absolute atomic E-state index is 10.3. The van der Waals surface area contributed by atoms with Crippen LogP contribution < -0.4 is 0 Å². The number of carbonyl (C=O) groups is 1. The molecule has 0 bridgehead atoms. The Bertz CT molecular complexity index is 141. The molecule has 0 aromatic rings. The Morgan fingerprint density at radius 2 is 2.30 bits per heavy atom. The van der Waals surface area contributed by atoms with Crippen molar-refractivity contribution in [1.29, 1.82) is 0 Å². The van der Waals surface area contributed by atoms with E-state index in [-0.39, 0.29) is 5.60 Å². The SMILES string of the molecule is CCCC1(OC(=O)Cl)CC1. The van der Waals surface area contributed by atoms with Crippen LogP contribution in [0.3, 0.4) is 0 Å². The van der Waals surface area contributed by atoms with E-state index < -0.39 is 5.43 Å². The summed E-state index contributed by atoms with van der Waals surface area (Å²) >= 11 is 5.08. The average molecular weight is 163 g/mol. The van der Waals surface area contributed by atoms with Crippen molar-refractivity contribution in [3.05, 3.63) is 0 Å². The predicted molar refractivity (Wildman–Crippen MR) is 39.2 cm³/mol. The van der Waals surface area contributed by atoms with Crippen molar-refractivity contribution in [1.82, 2.24) is 0 Å². The molecule has 3 heteroatoms. The third-order valence-corrected chi connectivity index (χ3v) is 1.89. The van der Waals surface area contributed by atoms with Crippen LogP contribution >= 0.6 is 11.6 Å². The van der Waals surface area contributed by atoms with E-state index in [1.165, 1.54) is 0 Å². The lowest BCUT2D eigenvalue weighted by Gasteiger charge is -2.11. The van der Waals surface area contributed by atoms with Gasteiger partial charge in [0.05, 0.1) is 0 Å². The number of hydrogen-bond donors (Lipinski definition) is 0. The van der Waals surface area contributed by atoms with Crippen molar-refractivity contribution in [3.8, 4) is 0 Å². The van der Waals surface area contributed by atoms with Crippen LogP contribution in [0, 0.1) is 0 Å². The first kappa shape index (κ1) is 7.86. The summed E-state index contributed by atoms with van der Waals surface area (Å²) in [6.45, 7) is 2.07. The Balaban J connectivity index is 2.30. The highest BCUT2D eigenvalue weighted by Gasteiger charge is 2.45. The van der Waals surface area contributed by atoms with E-state index in [9.17, 15) is 4.79 Å². The molecule has 0 radical (unpaired) electrons. The quantitative estimate of drug-likeness (QED) is 0.597. The van der Waals surface area contributed by atoms with Crippen molar-refractivity contribution < 1.29 is 9.53 Å². The fourth-order valence-corrected chi connectivity index (χ4v) is 1.33. The number of carbonyl (C=O) groups excluding carboxylic acids is 1. The third kappa shape index (κ3) is 1.87. The molecule has 58 valence electrons. The van der Waals surface area contributed by atoms with Gasteiger partial charge >= 0.3 is 5.43 Å². The predicted octanol–water partition coefficient (Wildman–Crippen LogP) is 2.69. The van der Waals surface area contributed by atoms with Gasteiger partial charge in [0.1, 0.15) is 5.60 Å². The smallest absolute Gasteiger partial charge is 0.404 e. The summed E-state index contributed by atoms with van der Waals surface area (Å²) in [4.78, 5) is 10.3. The van der Waals surface area contributed by atoms with Gasteiger partial charge in [-0.25, -0.2) is 4.79 Å². The summed E-state index contributed by atoms with van der Waals surface area (Å²) in [5, 5.41) is 0. The van der Waals surface area contributed by atoms with Crippen molar-refractivity contribution in [2.24, 2.45) is 0 Å². The summed E-state index contributed by atoms with van der Waals surface area (Å²) in [7, 11) is 0. The van der Waals surface area contributed by atoms with Crippen molar-refractivity contribution >= 4 is 17.0 Å². The van der Waals surface area contributed by atoms with Crippen molar-refractivity contribution in [3.63, 3.8) is 0 Å². The number of hydrogen-bond acceptors (Lipinski definition) is 2. The van der Waals surface area contributed by atoms with Crippen LogP contribution in [0.2, 0.25) is 0 Å². The standard InChI is InChI=1S/C7H11ClO2/c1-2-3-7(4-5-7)10-6(8)9/h2-5H2,1H3. The zero-order chi connectivity index (χ0) is 7.61. The van der Waals surface area contributed by atoms with Crippen LogP contribution in [0.15, 0.2) is 0 Å². The van der Waals surface area contributed by atoms with Crippen LogP contribution in [-0.4, -0.2) is 11.0 Å². The topological polar surface area (TPSA) is 26.3 Å². The average Bonchev–Trinajstić information content (AvgIpc) is 2.47. The first-order valence-corrected chi connectivity index (χ1v) is 3.95. The fourth-order valence-electron chi connectivity index (χ4n) is 1.17. The molecule has 1 saturated carbocycles. The summed E-state index contributed by atoms with van der Waals surface area (Å²) < 4.78 is 4.92. The summed E-state index contributed by atoms with van der Waals surface area (Å²) in [5.74, 6) is 0. The van der Waals surface area contributed by atoms with Gasteiger partial charge in [-0.15, -0.1) is 0 Å². The molecular weight excluding hydrogens is 152 g/mol. The van der Waals surface area contributed by atoms with Gasteiger partial charge in [-0.3, -0.25) is 0 Å². The lowest BCUT2D eigenvalue weighted by molar-refractivity contribution is 0.0984. The number of ether oxygens (including phenoxy) is 1. The molecular formula is C7H11ClO2. The summed E-state index contributed by atoms with van der Waals surface area (Å²) in [6, 6.07) is 0. The minimum Gasteiger partial charge on any atom is -0.447 e. The van der Waals surface area contributed by atoms with E-state index >= 15 is 0 Å². The third-order valence-electron chi connectivity index (χ3n) is 1.81. The van der Waals surface area contributed by atoms with Crippen LogP contribution in [0.1, 0.15) is 32.6 Å². The highest BCUT2D eigenvalue weighted by atomic mass is 35.5.